The lowest BCUT2D eigenvalue weighted by atomic mass is 10.2. The van der Waals surface area contributed by atoms with Crippen LogP contribution in [-0.4, -0.2) is 39.4 Å². The van der Waals surface area contributed by atoms with Gasteiger partial charge in [0.1, 0.15) is 11.6 Å². The van der Waals surface area contributed by atoms with Crippen molar-refractivity contribution in [3.8, 4) is 11.4 Å². The van der Waals surface area contributed by atoms with E-state index >= 15 is 0 Å². The van der Waals surface area contributed by atoms with Crippen molar-refractivity contribution in [2.45, 2.75) is 17.9 Å². The number of rotatable bonds is 9. The number of methoxy groups -OCH3 is 1. The van der Waals surface area contributed by atoms with Crippen LogP contribution < -0.4 is 15.4 Å². The molecule has 0 atom stereocenters. The van der Waals surface area contributed by atoms with Gasteiger partial charge in [0.25, 0.3) is 5.91 Å². The van der Waals surface area contributed by atoms with E-state index < -0.39 is 29.4 Å². The summed E-state index contributed by atoms with van der Waals surface area (Å²) < 4.78 is 59.9. The molecule has 39 heavy (non-hydrogen) atoms. The van der Waals surface area contributed by atoms with Crippen molar-refractivity contribution in [3.63, 3.8) is 0 Å². The molecular formula is C26H21F4N5O3S. The number of anilines is 1. The fraction of sp³-hybridized carbons (Fsp3) is 0.154. The number of hydrogen-bond donors (Lipinski definition) is 2. The van der Waals surface area contributed by atoms with Gasteiger partial charge in [-0.15, -0.1) is 10.2 Å². The maximum Gasteiger partial charge on any atom is 0.416 e. The maximum atomic E-state index is 13.4. The van der Waals surface area contributed by atoms with E-state index in [0.29, 0.717) is 11.4 Å². The van der Waals surface area contributed by atoms with E-state index in [0.717, 1.165) is 23.9 Å². The number of amides is 2. The summed E-state index contributed by atoms with van der Waals surface area (Å²) in [6.07, 6.45) is -4.59. The topological polar surface area (TPSA) is 98.1 Å². The minimum atomic E-state index is -4.59. The monoisotopic (exact) mass is 559 g/mol. The van der Waals surface area contributed by atoms with Crippen LogP contribution in [0.3, 0.4) is 0 Å². The van der Waals surface area contributed by atoms with E-state index in [1.165, 1.54) is 48.1 Å². The highest BCUT2D eigenvalue weighted by molar-refractivity contribution is 7.99. The molecule has 0 bridgehead atoms. The molecule has 3 aromatic carbocycles. The molecule has 13 heteroatoms. The first-order valence-electron chi connectivity index (χ1n) is 11.4. The molecule has 1 aromatic heterocycles. The van der Waals surface area contributed by atoms with Gasteiger partial charge in [0.2, 0.25) is 5.91 Å². The maximum absolute atomic E-state index is 13.4. The molecule has 0 radical (unpaired) electrons. The Kier molecular flexibility index (Phi) is 8.49. The molecule has 4 aromatic rings. The van der Waals surface area contributed by atoms with E-state index in [4.69, 9.17) is 4.74 Å². The second-order valence-corrected chi connectivity index (χ2v) is 8.95. The van der Waals surface area contributed by atoms with Crippen molar-refractivity contribution in [2.24, 2.45) is 0 Å². The fourth-order valence-electron chi connectivity index (χ4n) is 3.54. The molecule has 1 heterocycles. The Morgan fingerprint density at radius 1 is 1.00 bits per heavy atom. The molecule has 0 spiro atoms. The van der Waals surface area contributed by atoms with Crippen molar-refractivity contribution in [3.05, 3.63) is 95.6 Å². The van der Waals surface area contributed by atoms with Gasteiger partial charge in [-0.2, -0.15) is 13.2 Å². The molecule has 4 rings (SSSR count). The number of nitrogens with zero attached hydrogens (tertiary/aromatic N) is 3. The fourth-order valence-corrected chi connectivity index (χ4v) is 4.31. The SMILES string of the molecule is COc1ccccc1C(=O)NCc1nnc(SCC(=O)Nc2ccc(F)cc2)n1-c1cccc(C(F)(F)F)c1. The van der Waals surface area contributed by atoms with Gasteiger partial charge in [-0.3, -0.25) is 14.2 Å². The highest BCUT2D eigenvalue weighted by atomic mass is 32.2. The number of para-hydroxylation sites is 1. The zero-order valence-corrected chi connectivity index (χ0v) is 21.1. The second kappa shape index (κ2) is 12.0. The third kappa shape index (κ3) is 6.93. The van der Waals surface area contributed by atoms with Gasteiger partial charge in [0.15, 0.2) is 11.0 Å². The van der Waals surface area contributed by atoms with Crippen LogP contribution in [0.1, 0.15) is 21.7 Å². The number of carbonyl (C=O) groups excluding carboxylic acids is 2. The minimum Gasteiger partial charge on any atom is -0.496 e. The number of benzene rings is 3. The highest BCUT2D eigenvalue weighted by Crippen LogP contribution is 2.32. The quantitative estimate of drug-likeness (QED) is 0.219. The molecule has 202 valence electrons. The average molecular weight is 560 g/mol. The lowest BCUT2D eigenvalue weighted by molar-refractivity contribution is -0.137. The smallest absolute Gasteiger partial charge is 0.416 e. The molecule has 0 unspecified atom stereocenters. The van der Waals surface area contributed by atoms with Crippen LogP contribution in [0.2, 0.25) is 0 Å². The van der Waals surface area contributed by atoms with E-state index in [-0.39, 0.29) is 34.5 Å². The first-order chi connectivity index (χ1) is 18.7. The van der Waals surface area contributed by atoms with Crippen molar-refractivity contribution in [2.75, 3.05) is 18.2 Å². The molecular weight excluding hydrogens is 538 g/mol. The van der Waals surface area contributed by atoms with Crippen LogP contribution >= 0.6 is 11.8 Å². The third-order valence-electron chi connectivity index (χ3n) is 5.35. The Hall–Kier alpha value is -4.39. The number of hydrogen-bond acceptors (Lipinski definition) is 6. The standard InChI is InChI=1S/C26H21F4N5O3S/c1-38-21-8-3-2-7-20(21)24(37)31-14-22-33-34-25(35(22)19-6-4-5-16(13-19)26(28,29)30)39-15-23(36)32-18-11-9-17(27)10-12-18/h2-13H,14-15H2,1H3,(H,31,37)(H,32,36). The molecule has 2 N–H and O–H groups in total. The summed E-state index contributed by atoms with van der Waals surface area (Å²) in [5.41, 5.74) is -0.154. The van der Waals surface area contributed by atoms with Crippen molar-refractivity contribution in [1.29, 1.82) is 0 Å². The summed E-state index contributed by atoms with van der Waals surface area (Å²) in [4.78, 5) is 25.2. The van der Waals surface area contributed by atoms with Crippen LogP contribution in [-0.2, 0) is 17.5 Å². The van der Waals surface area contributed by atoms with Crippen LogP contribution in [0.4, 0.5) is 23.2 Å². The highest BCUT2D eigenvalue weighted by Gasteiger charge is 2.31. The zero-order valence-electron chi connectivity index (χ0n) is 20.3. The second-order valence-electron chi connectivity index (χ2n) is 8.01. The Balaban J connectivity index is 1.58. The number of aromatic nitrogens is 3. The lowest BCUT2D eigenvalue weighted by Crippen LogP contribution is -2.25. The van der Waals surface area contributed by atoms with Crippen LogP contribution in [0, 0.1) is 5.82 Å². The van der Waals surface area contributed by atoms with Crippen LogP contribution in [0.5, 0.6) is 5.75 Å². The molecule has 8 nitrogen and oxygen atoms in total. The molecule has 0 fully saturated rings. The van der Waals surface area contributed by atoms with Crippen molar-refractivity contribution in [1.82, 2.24) is 20.1 Å². The van der Waals surface area contributed by atoms with E-state index in [9.17, 15) is 27.2 Å². The predicted molar refractivity (Wildman–Crippen MR) is 136 cm³/mol. The summed E-state index contributed by atoms with van der Waals surface area (Å²) in [5, 5.41) is 13.5. The van der Waals surface area contributed by atoms with Gasteiger partial charge in [0, 0.05) is 5.69 Å². The molecule has 0 aliphatic carbocycles. The Bertz CT molecular complexity index is 1480. The van der Waals surface area contributed by atoms with Crippen molar-refractivity contribution < 1.29 is 31.9 Å². The number of carbonyl (C=O) groups is 2. The Morgan fingerprint density at radius 3 is 2.46 bits per heavy atom. The van der Waals surface area contributed by atoms with Gasteiger partial charge in [-0.1, -0.05) is 30.0 Å². The van der Waals surface area contributed by atoms with Crippen molar-refractivity contribution >= 4 is 29.3 Å². The minimum absolute atomic E-state index is 0.0952. The zero-order chi connectivity index (χ0) is 28.0. The van der Waals surface area contributed by atoms with Gasteiger partial charge in [-0.05, 0) is 54.6 Å². The first-order valence-corrected chi connectivity index (χ1v) is 12.4. The van der Waals surface area contributed by atoms with E-state index in [2.05, 4.69) is 20.8 Å². The third-order valence-corrected chi connectivity index (χ3v) is 6.28. The summed E-state index contributed by atoms with van der Waals surface area (Å²) in [6, 6.07) is 16.3. The molecule has 2 amide bonds. The molecule has 0 saturated heterocycles. The van der Waals surface area contributed by atoms with E-state index in [1.807, 2.05) is 0 Å². The van der Waals surface area contributed by atoms with Gasteiger partial charge >= 0.3 is 6.18 Å². The van der Waals surface area contributed by atoms with Crippen LogP contribution in [0.15, 0.2) is 78.0 Å². The summed E-state index contributed by atoms with van der Waals surface area (Å²) in [5.74, 6) is -1.07. The molecule has 0 aliphatic rings. The van der Waals surface area contributed by atoms with E-state index in [1.54, 1.807) is 24.3 Å². The van der Waals surface area contributed by atoms with Gasteiger partial charge in [0.05, 0.1) is 36.2 Å². The number of alkyl halides is 3. The molecule has 0 saturated carbocycles. The largest absolute Gasteiger partial charge is 0.496 e. The number of halogens is 4. The average Bonchev–Trinajstić information content (AvgIpc) is 3.34. The lowest BCUT2D eigenvalue weighted by Gasteiger charge is -2.14. The number of thioether (sulfide) groups is 1. The number of ether oxygens (including phenoxy) is 1. The van der Waals surface area contributed by atoms with Gasteiger partial charge in [-0.25, -0.2) is 4.39 Å². The molecule has 0 aliphatic heterocycles. The normalized spacial score (nSPS) is 11.2. The van der Waals surface area contributed by atoms with Gasteiger partial charge < -0.3 is 15.4 Å². The predicted octanol–water partition coefficient (Wildman–Crippen LogP) is 5.09. The summed E-state index contributed by atoms with van der Waals surface area (Å²) in [6.45, 7) is -0.178. The Labute approximate surface area is 224 Å². The number of nitrogens with one attached hydrogen (secondary N) is 2. The first kappa shape index (κ1) is 27.6. The van der Waals surface area contributed by atoms with Crippen LogP contribution in [0.25, 0.3) is 5.69 Å². The summed E-state index contributed by atoms with van der Waals surface area (Å²) >= 11 is 0.933. The summed E-state index contributed by atoms with van der Waals surface area (Å²) in [7, 11) is 1.42. The Morgan fingerprint density at radius 2 is 1.74 bits per heavy atom.